The van der Waals surface area contributed by atoms with E-state index in [1.165, 1.54) is 18.3 Å². The van der Waals surface area contributed by atoms with Crippen LogP contribution in [0.1, 0.15) is 5.69 Å². The summed E-state index contributed by atoms with van der Waals surface area (Å²) in [5.41, 5.74) is -2.08. The van der Waals surface area contributed by atoms with E-state index >= 15 is 0 Å². The lowest BCUT2D eigenvalue weighted by atomic mass is 10.3. The van der Waals surface area contributed by atoms with E-state index in [-0.39, 0.29) is 5.65 Å². The van der Waals surface area contributed by atoms with Crippen LogP contribution >= 0.6 is 31.9 Å². The first-order valence-corrected chi connectivity index (χ1v) is 5.84. The third-order valence-electron chi connectivity index (χ3n) is 2.00. The Labute approximate surface area is 110 Å². The third-order valence-corrected chi connectivity index (χ3v) is 3.18. The molecule has 0 bridgehead atoms. The van der Waals surface area contributed by atoms with Gasteiger partial charge in [-0.05, 0) is 44.0 Å². The van der Waals surface area contributed by atoms with Crippen molar-refractivity contribution < 1.29 is 13.2 Å². The van der Waals surface area contributed by atoms with Gasteiger partial charge in [0, 0.05) is 10.7 Å². The number of hydrogen-bond acceptors (Lipinski definition) is 2. The van der Waals surface area contributed by atoms with Crippen molar-refractivity contribution in [2.75, 3.05) is 0 Å². The van der Waals surface area contributed by atoms with E-state index in [2.05, 4.69) is 36.8 Å². The Kier molecular flexibility index (Phi) is 3.03. The SMILES string of the molecule is O=c1c(Br)c(C(F)(F)F)nc2ccc(Br)cn12. The highest BCUT2D eigenvalue weighted by Gasteiger charge is 2.36. The smallest absolute Gasteiger partial charge is 0.268 e. The summed E-state index contributed by atoms with van der Waals surface area (Å²) in [5, 5.41) is 0. The second kappa shape index (κ2) is 4.09. The van der Waals surface area contributed by atoms with Gasteiger partial charge < -0.3 is 0 Å². The quantitative estimate of drug-likeness (QED) is 0.712. The van der Waals surface area contributed by atoms with Crippen LogP contribution < -0.4 is 5.56 Å². The topological polar surface area (TPSA) is 34.4 Å². The van der Waals surface area contributed by atoms with Gasteiger partial charge in [-0.15, -0.1) is 0 Å². The minimum absolute atomic E-state index is 0.0614. The van der Waals surface area contributed by atoms with Gasteiger partial charge in [0.15, 0.2) is 5.69 Å². The molecule has 0 radical (unpaired) electrons. The van der Waals surface area contributed by atoms with E-state index < -0.39 is 21.9 Å². The zero-order valence-corrected chi connectivity index (χ0v) is 11.1. The number of rotatable bonds is 0. The van der Waals surface area contributed by atoms with Gasteiger partial charge in [0.05, 0.1) is 0 Å². The molecule has 0 fully saturated rings. The van der Waals surface area contributed by atoms with E-state index in [1.807, 2.05) is 0 Å². The van der Waals surface area contributed by atoms with Gasteiger partial charge in [0.2, 0.25) is 0 Å². The summed E-state index contributed by atoms with van der Waals surface area (Å²) in [6, 6.07) is 2.84. The number of alkyl halides is 3. The summed E-state index contributed by atoms with van der Waals surface area (Å²) < 4.78 is 38.8. The molecule has 90 valence electrons. The number of pyridine rings is 1. The molecular formula is C9H3Br2F3N2O. The number of aromatic nitrogens is 2. The third kappa shape index (κ3) is 2.23. The van der Waals surface area contributed by atoms with Crippen LogP contribution in [0, 0.1) is 0 Å². The van der Waals surface area contributed by atoms with Gasteiger partial charge in [-0.1, -0.05) is 0 Å². The molecule has 17 heavy (non-hydrogen) atoms. The summed E-state index contributed by atoms with van der Waals surface area (Å²) in [5.74, 6) is 0. The van der Waals surface area contributed by atoms with Gasteiger partial charge in [-0.3, -0.25) is 9.20 Å². The van der Waals surface area contributed by atoms with Crippen molar-refractivity contribution in [2.24, 2.45) is 0 Å². The Balaban J connectivity index is 2.90. The highest BCUT2D eigenvalue weighted by atomic mass is 79.9. The fraction of sp³-hybridized carbons (Fsp3) is 0.111. The first-order chi connectivity index (χ1) is 7.80. The predicted molar refractivity (Wildman–Crippen MR) is 61.9 cm³/mol. The van der Waals surface area contributed by atoms with Crippen LogP contribution in [-0.2, 0) is 6.18 Å². The van der Waals surface area contributed by atoms with E-state index in [9.17, 15) is 18.0 Å². The van der Waals surface area contributed by atoms with Crippen molar-refractivity contribution >= 4 is 37.5 Å². The molecule has 0 aliphatic heterocycles. The molecule has 3 nitrogen and oxygen atoms in total. The highest BCUT2D eigenvalue weighted by molar-refractivity contribution is 9.10. The second-order valence-electron chi connectivity index (χ2n) is 3.15. The minimum Gasteiger partial charge on any atom is -0.268 e. The molecule has 0 aromatic carbocycles. The molecule has 0 unspecified atom stereocenters. The van der Waals surface area contributed by atoms with Crippen LogP contribution in [0.4, 0.5) is 13.2 Å². The van der Waals surface area contributed by atoms with Crippen LogP contribution in [0.15, 0.2) is 32.1 Å². The average molecular weight is 372 g/mol. The van der Waals surface area contributed by atoms with Crippen LogP contribution in [0.5, 0.6) is 0 Å². The standard InChI is InChI=1S/C9H3Br2F3N2O/c10-4-1-2-5-15-7(9(12,13)14)6(11)8(17)16(5)3-4/h1-3H. The predicted octanol–water partition coefficient (Wildman–Crippen LogP) is 3.24. The summed E-state index contributed by atoms with van der Waals surface area (Å²) in [6.45, 7) is 0. The summed E-state index contributed by atoms with van der Waals surface area (Å²) in [6.07, 6.45) is -3.31. The molecule has 2 aromatic heterocycles. The van der Waals surface area contributed by atoms with E-state index in [1.54, 1.807) is 0 Å². The molecule has 2 heterocycles. The molecule has 2 aromatic rings. The monoisotopic (exact) mass is 370 g/mol. The minimum atomic E-state index is -4.67. The van der Waals surface area contributed by atoms with Crippen molar-refractivity contribution in [1.82, 2.24) is 9.38 Å². The zero-order valence-electron chi connectivity index (χ0n) is 7.92. The zero-order chi connectivity index (χ0) is 12.8. The summed E-state index contributed by atoms with van der Waals surface area (Å²) >= 11 is 5.75. The second-order valence-corrected chi connectivity index (χ2v) is 4.86. The lowest BCUT2D eigenvalue weighted by Gasteiger charge is -2.09. The molecule has 2 rings (SSSR count). The van der Waals surface area contributed by atoms with E-state index in [4.69, 9.17) is 0 Å². The summed E-state index contributed by atoms with van der Waals surface area (Å²) in [7, 11) is 0. The lowest BCUT2D eigenvalue weighted by Crippen LogP contribution is -2.22. The van der Waals surface area contributed by atoms with E-state index in [0.717, 1.165) is 4.40 Å². The Morgan fingerprint density at radius 1 is 1.24 bits per heavy atom. The van der Waals surface area contributed by atoms with Crippen LogP contribution in [-0.4, -0.2) is 9.38 Å². The normalized spacial score (nSPS) is 12.1. The van der Waals surface area contributed by atoms with E-state index in [0.29, 0.717) is 4.47 Å². The van der Waals surface area contributed by atoms with Gasteiger partial charge >= 0.3 is 6.18 Å². The molecule has 0 spiro atoms. The van der Waals surface area contributed by atoms with Gasteiger partial charge in [-0.2, -0.15) is 13.2 Å². The molecule has 8 heteroatoms. The fourth-order valence-electron chi connectivity index (χ4n) is 1.28. The van der Waals surface area contributed by atoms with Gasteiger partial charge in [0.1, 0.15) is 10.1 Å². The van der Waals surface area contributed by atoms with Crippen LogP contribution in [0.2, 0.25) is 0 Å². The molecule has 0 aliphatic carbocycles. The number of hydrogen-bond donors (Lipinski definition) is 0. The molecule has 0 atom stereocenters. The maximum atomic E-state index is 12.6. The van der Waals surface area contributed by atoms with Crippen LogP contribution in [0.25, 0.3) is 5.65 Å². The average Bonchev–Trinajstić information content (AvgIpc) is 2.22. The molecule has 0 saturated heterocycles. The van der Waals surface area contributed by atoms with Crippen molar-refractivity contribution in [3.63, 3.8) is 0 Å². The maximum Gasteiger partial charge on any atom is 0.434 e. The first-order valence-electron chi connectivity index (χ1n) is 4.25. The number of fused-ring (bicyclic) bond motifs is 1. The Hall–Kier alpha value is -0.890. The van der Waals surface area contributed by atoms with Crippen molar-refractivity contribution in [2.45, 2.75) is 6.18 Å². The Bertz CT molecular complexity index is 651. The largest absolute Gasteiger partial charge is 0.434 e. The summed E-state index contributed by atoms with van der Waals surface area (Å²) in [4.78, 5) is 15.1. The molecule has 0 saturated carbocycles. The molecule has 0 aliphatic rings. The Morgan fingerprint density at radius 3 is 2.47 bits per heavy atom. The fourth-order valence-corrected chi connectivity index (χ4v) is 2.12. The van der Waals surface area contributed by atoms with Crippen LogP contribution in [0.3, 0.4) is 0 Å². The van der Waals surface area contributed by atoms with Crippen molar-refractivity contribution in [3.05, 3.63) is 43.3 Å². The molecular weight excluding hydrogens is 369 g/mol. The molecule has 0 amide bonds. The maximum absolute atomic E-state index is 12.6. The van der Waals surface area contributed by atoms with Gasteiger partial charge in [0.25, 0.3) is 5.56 Å². The van der Waals surface area contributed by atoms with Gasteiger partial charge in [-0.25, -0.2) is 4.98 Å². The number of halogens is 5. The first kappa shape index (κ1) is 12.6. The van der Waals surface area contributed by atoms with Crippen molar-refractivity contribution in [3.8, 4) is 0 Å². The molecule has 0 N–H and O–H groups in total. The highest BCUT2D eigenvalue weighted by Crippen LogP contribution is 2.31. The number of nitrogens with zero attached hydrogens (tertiary/aromatic N) is 2. The Morgan fingerprint density at radius 2 is 1.88 bits per heavy atom. The van der Waals surface area contributed by atoms with Crippen molar-refractivity contribution in [1.29, 1.82) is 0 Å². The lowest BCUT2D eigenvalue weighted by molar-refractivity contribution is -0.141.